The van der Waals surface area contributed by atoms with Crippen molar-refractivity contribution in [2.75, 3.05) is 0 Å². The maximum absolute atomic E-state index is 4.57. The molecule has 0 spiro atoms. The number of hydrogen-bond donors (Lipinski definition) is 1. The standard InChI is InChI=1S/C15H15IN4S/c1-20-10-12(7-17-9-14-18-8-13(16)21-14)15(19-20)11-5-3-2-4-6-11/h2-6,8,10,17H,7,9H2,1H3. The highest BCUT2D eigenvalue weighted by atomic mass is 127. The smallest absolute Gasteiger partial charge is 0.107 e. The minimum atomic E-state index is 0.786. The van der Waals surface area contributed by atoms with Gasteiger partial charge in [-0.15, -0.1) is 11.3 Å². The van der Waals surface area contributed by atoms with Crippen LogP contribution >= 0.6 is 33.9 Å². The average Bonchev–Trinajstić information content (AvgIpc) is 3.06. The van der Waals surface area contributed by atoms with Gasteiger partial charge in [0, 0.05) is 37.5 Å². The molecule has 0 aliphatic rings. The number of hydrogen-bond acceptors (Lipinski definition) is 4. The molecule has 2 aromatic heterocycles. The second kappa shape index (κ2) is 6.67. The van der Waals surface area contributed by atoms with Crippen molar-refractivity contribution in [2.45, 2.75) is 13.1 Å². The van der Waals surface area contributed by atoms with Crippen molar-refractivity contribution < 1.29 is 0 Å². The number of thiazole rings is 1. The Kier molecular flexibility index (Phi) is 4.67. The van der Waals surface area contributed by atoms with E-state index in [1.165, 1.54) is 8.45 Å². The molecular weight excluding hydrogens is 395 g/mol. The molecule has 2 heterocycles. The van der Waals surface area contributed by atoms with Gasteiger partial charge in [-0.25, -0.2) is 4.98 Å². The summed E-state index contributed by atoms with van der Waals surface area (Å²) >= 11 is 4.02. The van der Waals surface area contributed by atoms with Gasteiger partial charge in [-0.1, -0.05) is 30.3 Å². The van der Waals surface area contributed by atoms with Crippen molar-refractivity contribution >= 4 is 33.9 Å². The molecule has 0 bridgehead atoms. The van der Waals surface area contributed by atoms with Gasteiger partial charge in [0.1, 0.15) is 5.01 Å². The highest BCUT2D eigenvalue weighted by Crippen LogP contribution is 2.21. The Hall–Kier alpha value is -1.25. The normalized spacial score (nSPS) is 11.0. The molecule has 6 heteroatoms. The molecule has 3 aromatic rings. The zero-order valence-electron chi connectivity index (χ0n) is 11.6. The highest BCUT2D eigenvalue weighted by Gasteiger charge is 2.09. The molecule has 108 valence electrons. The molecule has 0 aliphatic carbocycles. The first kappa shape index (κ1) is 14.7. The van der Waals surface area contributed by atoms with E-state index < -0.39 is 0 Å². The van der Waals surface area contributed by atoms with E-state index in [1.807, 2.05) is 36.1 Å². The van der Waals surface area contributed by atoms with Crippen LogP contribution in [0.2, 0.25) is 0 Å². The lowest BCUT2D eigenvalue weighted by Gasteiger charge is -2.03. The van der Waals surface area contributed by atoms with Crippen LogP contribution in [0.4, 0.5) is 0 Å². The van der Waals surface area contributed by atoms with Crippen LogP contribution in [0, 0.1) is 2.88 Å². The first-order valence-corrected chi connectivity index (χ1v) is 8.51. The van der Waals surface area contributed by atoms with Gasteiger partial charge in [-0.05, 0) is 22.6 Å². The van der Waals surface area contributed by atoms with Crippen LogP contribution in [0.15, 0.2) is 42.7 Å². The molecule has 0 saturated heterocycles. The predicted octanol–water partition coefficient (Wildman–Crippen LogP) is 3.44. The van der Waals surface area contributed by atoms with E-state index in [0.717, 1.165) is 29.4 Å². The van der Waals surface area contributed by atoms with Gasteiger partial charge >= 0.3 is 0 Å². The van der Waals surface area contributed by atoms with Crippen molar-refractivity contribution in [3.05, 3.63) is 56.2 Å². The fourth-order valence-electron chi connectivity index (χ4n) is 2.18. The molecule has 3 rings (SSSR count). The lowest BCUT2D eigenvalue weighted by Crippen LogP contribution is -2.12. The lowest BCUT2D eigenvalue weighted by atomic mass is 10.1. The minimum Gasteiger partial charge on any atom is -0.306 e. The van der Waals surface area contributed by atoms with Crippen LogP contribution in [0.1, 0.15) is 10.6 Å². The zero-order valence-corrected chi connectivity index (χ0v) is 14.6. The van der Waals surface area contributed by atoms with Crippen LogP contribution in [-0.2, 0) is 20.1 Å². The van der Waals surface area contributed by atoms with Crippen LogP contribution in [0.5, 0.6) is 0 Å². The molecule has 0 saturated carbocycles. The summed E-state index contributed by atoms with van der Waals surface area (Å²) < 4.78 is 3.09. The first-order chi connectivity index (χ1) is 10.2. The Morgan fingerprint density at radius 2 is 2.05 bits per heavy atom. The Balaban J connectivity index is 1.71. The number of halogens is 1. The van der Waals surface area contributed by atoms with Crippen LogP contribution in [0.25, 0.3) is 11.3 Å². The van der Waals surface area contributed by atoms with Crippen LogP contribution in [0.3, 0.4) is 0 Å². The molecular formula is C15H15IN4S. The third-order valence-corrected chi connectivity index (χ3v) is 4.79. The van der Waals surface area contributed by atoms with E-state index in [0.29, 0.717) is 0 Å². The largest absolute Gasteiger partial charge is 0.306 e. The molecule has 0 amide bonds. The second-order valence-corrected chi connectivity index (χ2v) is 7.71. The van der Waals surface area contributed by atoms with E-state index in [9.17, 15) is 0 Å². The van der Waals surface area contributed by atoms with E-state index >= 15 is 0 Å². The van der Waals surface area contributed by atoms with Gasteiger partial charge in [-0.2, -0.15) is 5.10 Å². The molecule has 0 aliphatic heterocycles. The van der Waals surface area contributed by atoms with Crippen molar-refractivity contribution in [3.8, 4) is 11.3 Å². The molecule has 0 radical (unpaired) electrons. The van der Waals surface area contributed by atoms with Crippen molar-refractivity contribution in [2.24, 2.45) is 7.05 Å². The minimum absolute atomic E-state index is 0.786. The molecule has 1 N–H and O–H groups in total. The number of aryl methyl sites for hydroxylation is 1. The van der Waals surface area contributed by atoms with Gasteiger partial charge < -0.3 is 5.32 Å². The predicted molar refractivity (Wildman–Crippen MR) is 94.0 cm³/mol. The number of rotatable bonds is 5. The molecule has 21 heavy (non-hydrogen) atoms. The van der Waals surface area contributed by atoms with E-state index in [4.69, 9.17) is 0 Å². The summed E-state index contributed by atoms with van der Waals surface area (Å²) in [6, 6.07) is 10.3. The molecule has 0 atom stereocenters. The summed E-state index contributed by atoms with van der Waals surface area (Å²) in [6.07, 6.45) is 3.97. The fraction of sp³-hybridized carbons (Fsp3) is 0.200. The molecule has 0 unspecified atom stereocenters. The SMILES string of the molecule is Cn1cc(CNCc2ncc(I)s2)c(-c2ccccc2)n1. The molecule has 4 nitrogen and oxygen atoms in total. The van der Waals surface area contributed by atoms with E-state index in [-0.39, 0.29) is 0 Å². The summed E-state index contributed by atoms with van der Waals surface area (Å²) in [5.74, 6) is 0. The van der Waals surface area contributed by atoms with E-state index in [1.54, 1.807) is 11.3 Å². The third kappa shape index (κ3) is 3.69. The number of nitrogens with one attached hydrogen (secondary N) is 1. The highest BCUT2D eigenvalue weighted by molar-refractivity contribution is 14.1. The molecule has 0 fully saturated rings. The summed E-state index contributed by atoms with van der Waals surface area (Å²) in [4.78, 5) is 4.36. The first-order valence-electron chi connectivity index (χ1n) is 6.61. The average molecular weight is 410 g/mol. The fourth-order valence-corrected chi connectivity index (χ4v) is 3.69. The number of nitrogens with zero attached hydrogens (tertiary/aromatic N) is 3. The van der Waals surface area contributed by atoms with Gasteiger partial charge in [0.05, 0.1) is 14.8 Å². The molecule has 1 aromatic carbocycles. The summed E-state index contributed by atoms with van der Waals surface area (Å²) in [6.45, 7) is 1.57. The number of aromatic nitrogens is 3. The van der Waals surface area contributed by atoms with Crippen molar-refractivity contribution in [1.29, 1.82) is 0 Å². The Labute approximate surface area is 141 Å². The quantitative estimate of drug-likeness (QED) is 0.656. The maximum Gasteiger partial charge on any atom is 0.107 e. The second-order valence-electron chi connectivity index (χ2n) is 4.70. The van der Waals surface area contributed by atoms with Gasteiger partial charge in [0.15, 0.2) is 0 Å². The number of benzene rings is 1. The van der Waals surface area contributed by atoms with Gasteiger partial charge in [0.25, 0.3) is 0 Å². The van der Waals surface area contributed by atoms with Gasteiger partial charge in [-0.3, -0.25) is 4.68 Å². The van der Waals surface area contributed by atoms with Gasteiger partial charge in [0.2, 0.25) is 0 Å². The van der Waals surface area contributed by atoms with Crippen LogP contribution < -0.4 is 5.32 Å². The topological polar surface area (TPSA) is 42.7 Å². The lowest BCUT2D eigenvalue weighted by molar-refractivity contribution is 0.689. The Morgan fingerprint density at radius 1 is 1.24 bits per heavy atom. The summed E-state index contributed by atoms with van der Waals surface area (Å²) in [7, 11) is 1.96. The van der Waals surface area contributed by atoms with E-state index in [2.05, 4.69) is 56.3 Å². The summed E-state index contributed by atoms with van der Waals surface area (Å²) in [5, 5.41) is 9.13. The maximum atomic E-state index is 4.57. The monoisotopic (exact) mass is 410 g/mol. The van der Waals surface area contributed by atoms with Crippen LogP contribution in [-0.4, -0.2) is 14.8 Å². The third-order valence-electron chi connectivity index (χ3n) is 3.07. The Bertz CT molecular complexity index is 720. The Morgan fingerprint density at radius 3 is 2.76 bits per heavy atom. The zero-order chi connectivity index (χ0) is 14.7. The summed E-state index contributed by atoms with van der Waals surface area (Å²) in [5.41, 5.74) is 3.40. The van der Waals surface area contributed by atoms with Crippen molar-refractivity contribution in [1.82, 2.24) is 20.1 Å². The van der Waals surface area contributed by atoms with Crippen molar-refractivity contribution in [3.63, 3.8) is 0 Å².